The van der Waals surface area contributed by atoms with Gasteiger partial charge in [-0.2, -0.15) is 0 Å². The van der Waals surface area contributed by atoms with Crippen LogP contribution in [0.4, 0.5) is 0 Å². The molecule has 1 aromatic heterocycles. The number of nitrogens with zero attached hydrogens (tertiary/aromatic N) is 1. The number of para-hydroxylation sites is 2. The molecule has 0 aliphatic heterocycles. The van der Waals surface area contributed by atoms with E-state index >= 15 is 0 Å². The van der Waals surface area contributed by atoms with Crippen LogP contribution in [0.1, 0.15) is 23.7 Å². The molecule has 1 fully saturated rings. The van der Waals surface area contributed by atoms with Gasteiger partial charge in [0, 0.05) is 5.92 Å². The fourth-order valence-corrected chi connectivity index (χ4v) is 3.11. The molecule has 21 heavy (non-hydrogen) atoms. The van der Waals surface area contributed by atoms with E-state index < -0.39 is 11.4 Å². The lowest BCUT2D eigenvalue weighted by atomic mass is 9.98. The molecule has 2 N–H and O–H groups in total. The summed E-state index contributed by atoms with van der Waals surface area (Å²) in [6, 6.07) is 17.4. The number of carboxylic acids is 1. The van der Waals surface area contributed by atoms with Gasteiger partial charge in [-0.25, -0.2) is 4.98 Å². The first kappa shape index (κ1) is 12.1. The van der Waals surface area contributed by atoms with Crippen LogP contribution in [0.25, 0.3) is 11.0 Å². The molecule has 104 valence electrons. The Balaban J connectivity index is 1.82. The second-order valence-electron chi connectivity index (χ2n) is 5.55. The average molecular weight is 278 g/mol. The Bertz CT molecular complexity index is 792. The lowest BCUT2D eigenvalue weighted by Crippen LogP contribution is -2.23. The van der Waals surface area contributed by atoms with E-state index in [1.807, 2.05) is 54.6 Å². The molecule has 1 aliphatic carbocycles. The topological polar surface area (TPSA) is 66.0 Å². The second kappa shape index (κ2) is 4.19. The molecule has 0 spiro atoms. The molecule has 1 saturated carbocycles. The molecule has 1 heterocycles. The minimum Gasteiger partial charge on any atom is -0.480 e. The van der Waals surface area contributed by atoms with Crippen molar-refractivity contribution in [3.8, 4) is 0 Å². The van der Waals surface area contributed by atoms with Gasteiger partial charge in [-0.1, -0.05) is 42.5 Å². The number of fused-ring (bicyclic) bond motifs is 1. The zero-order valence-corrected chi connectivity index (χ0v) is 11.3. The Hall–Kier alpha value is -2.62. The van der Waals surface area contributed by atoms with Gasteiger partial charge < -0.3 is 10.1 Å². The molecule has 4 heteroatoms. The van der Waals surface area contributed by atoms with Crippen LogP contribution < -0.4 is 0 Å². The van der Waals surface area contributed by atoms with E-state index in [-0.39, 0.29) is 5.92 Å². The molecule has 2 atom stereocenters. The Morgan fingerprint density at radius 2 is 1.86 bits per heavy atom. The Morgan fingerprint density at radius 3 is 2.57 bits per heavy atom. The Kier molecular flexibility index (Phi) is 2.42. The van der Waals surface area contributed by atoms with Crippen molar-refractivity contribution >= 4 is 17.0 Å². The zero-order chi connectivity index (χ0) is 14.4. The fourth-order valence-electron chi connectivity index (χ4n) is 3.11. The molecule has 0 unspecified atom stereocenters. The van der Waals surface area contributed by atoms with Gasteiger partial charge in [-0.3, -0.25) is 4.79 Å². The average Bonchev–Trinajstić information content (AvgIpc) is 3.14. The van der Waals surface area contributed by atoms with Crippen LogP contribution in [0.15, 0.2) is 54.6 Å². The van der Waals surface area contributed by atoms with Crippen molar-refractivity contribution in [1.82, 2.24) is 9.97 Å². The summed E-state index contributed by atoms with van der Waals surface area (Å²) in [5.41, 5.74) is 1.83. The van der Waals surface area contributed by atoms with Gasteiger partial charge in [0.15, 0.2) is 0 Å². The quantitative estimate of drug-likeness (QED) is 0.773. The van der Waals surface area contributed by atoms with Gasteiger partial charge in [-0.15, -0.1) is 0 Å². The molecule has 1 aliphatic rings. The summed E-state index contributed by atoms with van der Waals surface area (Å²) >= 11 is 0. The van der Waals surface area contributed by atoms with Crippen LogP contribution >= 0.6 is 0 Å². The third-order valence-electron chi connectivity index (χ3n) is 4.36. The molecule has 0 radical (unpaired) electrons. The number of rotatable bonds is 3. The number of aromatic amines is 1. The Labute approximate surface area is 121 Å². The monoisotopic (exact) mass is 278 g/mol. The minimum atomic E-state index is -0.916. The van der Waals surface area contributed by atoms with Crippen molar-refractivity contribution in [3.63, 3.8) is 0 Å². The number of imidazole rings is 1. The van der Waals surface area contributed by atoms with E-state index in [0.717, 1.165) is 16.6 Å². The van der Waals surface area contributed by atoms with E-state index in [2.05, 4.69) is 9.97 Å². The summed E-state index contributed by atoms with van der Waals surface area (Å²) in [7, 11) is 0. The lowest BCUT2D eigenvalue weighted by Gasteiger charge is -2.09. The van der Waals surface area contributed by atoms with Crippen molar-refractivity contribution in [2.24, 2.45) is 0 Å². The van der Waals surface area contributed by atoms with Gasteiger partial charge in [0.1, 0.15) is 11.2 Å². The summed E-state index contributed by atoms with van der Waals surface area (Å²) in [6.45, 7) is 0. The van der Waals surface area contributed by atoms with Crippen LogP contribution in [0.2, 0.25) is 0 Å². The molecular weight excluding hydrogens is 264 g/mol. The molecule has 0 bridgehead atoms. The van der Waals surface area contributed by atoms with Crippen molar-refractivity contribution in [3.05, 3.63) is 66.0 Å². The van der Waals surface area contributed by atoms with Crippen molar-refractivity contribution in [1.29, 1.82) is 0 Å². The van der Waals surface area contributed by atoms with Crippen molar-refractivity contribution < 1.29 is 9.90 Å². The maximum Gasteiger partial charge on any atom is 0.317 e. The minimum absolute atomic E-state index is 0.0169. The standard InChI is InChI=1S/C17H14N2O2/c20-16(21)17(10-12(17)11-6-2-1-3-7-11)15-18-13-8-4-5-9-14(13)19-15/h1-9,12H,10H2,(H,18,19)(H,20,21)/t12-,17+/m0/s1. The highest BCUT2D eigenvalue weighted by Gasteiger charge is 2.64. The van der Waals surface area contributed by atoms with E-state index in [1.54, 1.807) is 0 Å². The van der Waals surface area contributed by atoms with Gasteiger partial charge in [0.2, 0.25) is 0 Å². The second-order valence-corrected chi connectivity index (χ2v) is 5.55. The number of carbonyl (C=O) groups is 1. The number of hydrogen-bond acceptors (Lipinski definition) is 2. The fraction of sp³-hybridized carbons (Fsp3) is 0.176. The first-order valence-electron chi connectivity index (χ1n) is 6.95. The highest BCUT2D eigenvalue weighted by Crippen LogP contribution is 2.60. The molecule has 4 nitrogen and oxygen atoms in total. The first-order valence-corrected chi connectivity index (χ1v) is 6.95. The summed E-state index contributed by atoms with van der Waals surface area (Å²) in [4.78, 5) is 19.6. The summed E-state index contributed by atoms with van der Waals surface area (Å²) in [5, 5.41) is 9.75. The molecule has 4 rings (SSSR count). The Morgan fingerprint density at radius 1 is 1.14 bits per heavy atom. The van der Waals surface area contributed by atoms with E-state index in [9.17, 15) is 9.90 Å². The van der Waals surface area contributed by atoms with Crippen LogP contribution in [0.3, 0.4) is 0 Å². The molecule has 2 aromatic carbocycles. The van der Waals surface area contributed by atoms with E-state index in [0.29, 0.717) is 12.2 Å². The van der Waals surface area contributed by atoms with E-state index in [4.69, 9.17) is 0 Å². The number of nitrogens with one attached hydrogen (secondary N) is 1. The molecule has 0 amide bonds. The maximum atomic E-state index is 11.9. The maximum absolute atomic E-state index is 11.9. The van der Waals surface area contributed by atoms with Gasteiger partial charge in [-0.05, 0) is 24.1 Å². The third-order valence-corrected chi connectivity index (χ3v) is 4.36. The number of hydrogen-bond donors (Lipinski definition) is 2. The molecule has 3 aromatic rings. The summed E-state index contributed by atoms with van der Waals surface area (Å²) in [5.74, 6) is -0.266. The largest absolute Gasteiger partial charge is 0.480 e. The lowest BCUT2D eigenvalue weighted by molar-refractivity contribution is -0.140. The SMILES string of the molecule is O=C(O)[C@]1(c2nc3ccccc3[nH]2)C[C@H]1c1ccccc1. The number of H-pyrrole nitrogens is 1. The smallest absolute Gasteiger partial charge is 0.317 e. The third kappa shape index (κ3) is 1.69. The number of aromatic nitrogens is 2. The molecular formula is C17H14N2O2. The van der Waals surface area contributed by atoms with Crippen molar-refractivity contribution in [2.45, 2.75) is 17.8 Å². The number of aliphatic carboxylic acids is 1. The predicted molar refractivity (Wildman–Crippen MR) is 79.2 cm³/mol. The summed E-state index contributed by atoms with van der Waals surface area (Å²) in [6.07, 6.45) is 0.589. The van der Waals surface area contributed by atoms with Gasteiger partial charge >= 0.3 is 5.97 Å². The predicted octanol–water partition coefficient (Wildman–Crippen LogP) is 3.07. The first-order chi connectivity index (χ1) is 10.2. The highest BCUT2D eigenvalue weighted by atomic mass is 16.4. The zero-order valence-electron chi connectivity index (χ0n) is 11.3. The van der Waals surface area contributed by atoms with E-state index in [1.165, 1.54) is 0 Å². The highest BCUT2D eigenvalue weighted by molar-refractivity contribution is 5.88. The van der Waals surface area contributed by atoms with Crippen LogP contribution in [-0.4, -0.2) is 21.0 Å². The molecule has 0 saturated heterocycles. The van der Waals surface area contributed by atoms with Gasteiger partial charge in [0.05, 0.1) is 11.0 Å². The van der Waals surface area contributed by atoms with Crippen LogP contribution in [-0.2, 0) is 10.2 Å². The van der Waals surface area contributed by atoms with Crippen molar-refractivity contribution in [2.75, 3.05) is 0 Å². The van der Waals surface area contributed by atoms with Crippen LogP contribution in [0, 0.1) is 0 Å². The van der Waals surface area contributed by atoms with Gasteiger partial charge in [0.25, 0.3) is 0 Å². The number of benzene rings is 2. The van der Waals surface area contributed by atoms with Crippen LogP contribution in [0.5, 0.6) is 0 Å². The normalized spacial score (nSPS) is 24.1. The summed E-state index contributed by atoms with van der Waals surface area (Å²) < 4.78 is 0. The number of carboxylic acid groups (broad SMARTS) is 1.